The van der Waals surface area contributed by atoms with Gasteiger partial charge >= 0.3 is 5.97 Å². The van der Waals surface area contributed by atoms with Gasteiger partial charge in [-0.05, 0) is 38.5 Å². The summed E-state index contributed by atoms with van der Waals surface area (Å²) in [5, 5.41) is 5.89. The van der Waals surface area contributed by atoms with Crippen molar-refractivity contribution in [2.45, 2.75) is 33.6 Å². The van der Waals surface area contributed by atoms with Gasteiger partial charge in [-0.15, -0.1) is 11.3 Å². The fourth-order valence-corrected chi connectivity index (χ4v) is 3.63. The van der Waals surface area contributed by atoms with E-state index in [1.807, 2.05) is 17.5 Å². The SMILES string of the molecule is CCCCNc1cc(-c2nc(-c3cc(C(=O)OCC)c(C)[nH]c3=O)cs2)ccn1. The number of anilines is 1. The number of aryl methyl sites for hydroxylation is 1. The molecule has 0 bridgehead atoms. The van der Waals surface area contributed by atoms with E-state index in [0.717, 1.165) is 35.8 Å². The van der Waals surface area contributed by atoms with Crippen molar-refractivity contribution in [3.05, 3.63) is 51.4 Å². The molecular weight excluding hydrogens is 388 g/mol. The van der Waals surface area contributed by atoms with E-state index in [-0.39, 0.29) is 12.2 Å². The molecular formula is C21H24N4O3S. The zero-order chi connectivity index (χ0) is 20.8. The Hall–Kier alpha value is -3.00. The molecule has 0 unspecified atom stereocenters. The summed E-state index contributed by atoms with van der Waals surface area (Å²) in [6, 6.07) is 5.38. The van der Waals surface area contributed by atoms with Crippen molar-refractivity contribution in [1.82, 2.24) is 15.0 Å². The van der Waals surface area contributed by atoms with Crippen molar-refractivity contribution < 1.29 is 9.53 Å². The number of hydrogen-bond acceptors (Lipinski definition) is 7. The fraction of sp³-hybridized carbons (Fsp3) is 0.333. The predicted molar refractivity (Wildman–Crippen MR) is 115 cm³/mol. The van der Waals surface area contributed by atoms with Crippen molar-refractivity contribution in [1.29, 1.82) is 0 Å². The zero-order valence-corrected chi connectivity index (χ0v) is 17.6. The Bertz CT molecular complexity index is 1060. The van der Waals surface area contributed by atoms with Crippen LogP contribution in [0.4, 0.5) is 5.82 Å². The third-order valence-corrected chi connectivity index (χ3v) is 5.25. The van der Waals surface area contributed by atoms with Crippen molar-refractivity contribution in [3.63, 3.8) is 0 Å². The number of aromatic amines is 1. The molecule has 3 aromatic rings. The molecule has 152 valence electrons. The van der Waals surface area contributed by atoms with Crippen LogP contribution >= 0.6 is 11.3 Å². The molecule has 0 aliphatic rings. The molecule has 0 saturated carbocycles. The van der Waals surface area contributed by atoms with Gasteiger partial charge in [-0.3, -0.25) is 4.79 Å². The van der Waals surface area contributed by atoms with Gasteiger partial charge in [0, 0.05) is 29.4 Å². The van der Waals surface area contributed by atoms with Gasteiger partial charge in [-0.1, -0.05) is 13.3 Å². The molecule has 0 atom stereocenters. The maximum atomic E-state index is 12.5. The minimum atomic E-state index is -0.463. The van der Waals surface area contributed by atoms with Crippen LogP contribution in [-0.4, -0.2) is 34.1 Å². The van der Waals surface area contributed by atoms with Gasteiger partial charge in [0.05, 0.1) is 23.4 Å². The maximum absolute atomic E-state index is 12.5. The quantitative estimate of drug-likeness (QED) is 0.424. The Morgan fingerprint density at radius 2 is 2.14 bits per heavy atom. The van der Waals surface area contributed by atoms with Crippen molar-refractivity contribution >= 4 is 23.1 Å². The number of rotatable bonds is 8. The molecule has 3 rings (SSSR count). The van der Waals surface area contributed by atoms with Crippen molar-refractivity contribution in [2.24, 2.45) is 0 Å². The van der Waals surface area contributed by atoms with Gasteiger partial charge in [0.25, 0.3) is 5.56 Å². The van der Waals surface area contributed by atoms with Gasteiger partial charge in [0.2, 0.25) is 0 Å². The number of H-pyrrole nitrogens is 1. The van der Waals surface area contributed by atoms with E-state index in [4.69, 9.17) is 4.74 Å². The lowest BCUT2D eigenvalue weighted by molar-refractivity contribution is 0.0525. The van der Waals surface area contributed by atoms with Crippen molar-refractivity contribution in [2.75, 3.05) is 18.5 Å². The summed E-state index contributed by atoms with van der Waals surface area (Å²) in [7, 11) is 0. The Balaban J connectivity index is 1.90. The first-order chi connectivity index (χ1) is 14.0. The lowest BCUT2D eigenvalue weighted by Crippen LogP contribution is -2.16. The van der Waals surface area contributed by atoms with Gasteiger partial charge in [-0.2, -0.15) is 0 Å². The molecule has 8 heteroatoms. The standard InChI is InChI=1S/C21H24N4O3S/c1-4-6-8-22-18-10-14(7-9-23-18)20-25-17(12-29-20)16-11-15(21(27)28-5-2)13(3)24-19(16)26/h7,9-12H,4-6,8H2,1-3H3,(H,22,23)(H,24,26). The third-order valence-electron chi connectivity index (χ3n) is 4.36. The van der Waals surface area contributed by atoms with Gasteiger partial charge in [0.1, 0.15) is 10.8 Å². The number of carbonyl (C=O) groups excluding carboxylic acids is 1. The second-order valence-corrected chi connectivity index (χ2v) is 7.38. The van der Waals surface area contributed by atoms with Crippen LogP contribution in [0, 0.1) is 6.92 Å². The fourth-order valence-electron chi connectivity index (χ4n) is 2.82. The number of aromatic nitrogens is 3. The molecule has 2 N–H and O–H groups in total. The number of thiazole rings is 1. The molecule has 0 spiro atoms. The number of nitrogens with zero attached hydrogens (tertiary/aromatic N) is 2. The number of nitrogens with one attached hydrogen (secondary N) is 2. The van der Waals surface area contributed by atoms with Crippen LogP contribution in [0.5, 0.6) is 0 Å². The number of pyridine rings is 2. The normalized spacial score (nSPS) is 10.7. The summed E-state index contributed by atoms with van der Waals surface area (Å²) < 4.78 is 5.07. The highest BCUT2D eigenvalue weighted by atomic mass is 32.1. The Morgan fingerprint density at radius 3 is 2.90 bits per heavy atom. The average molecular weight is 413 g/mol. The summed E-state index contributed by atoms with van der Waals surface area (Å²) in [6.07, 6.45) is 3.93. The maximum Gasteiger partial charge on any atom is 0.339 e. The monoisotopic (exact) mass is 412 g/mol. The van der Waals surface area contributed by atoms with Gasteiger partial charge in [-0.25, -0.2) is 14.8 Å². The molecule has 3 heterocycles. The van der Waals surface area contributed by atoms with E-state index in [0.29, 0.717) is 22.5 Å². The molecule has 3 aromatic heterocycles. The van der Waals surface area contributed by atoms with Crippen LogP contribution in [-0.2, 0) is 4.74 Å². The second-order valence-electron chi connectivity index (χ2n) is 6.52. The number of hydrogen-bond donors (Lipinski definition) is 2. The van der Waals surface area contributed by atoms with Gasteiger partial charge < -0.3 is 15.0 Å². The van der Waals surface area contributed by atoms with Gasteiger partial charge in [0.15, 0.2) is 0 Å². The lowest BCUT2D eigenvalue weighted by Gasteiger charge is -2.07. The molecule has 29 heavy (non-hydrogen) atoms. The van der Waals surface area contributed by atoms with Crippen LogP contribution in [0.15, 0.2) is 34.6 Å². The van der Waals surface area contributed by atoms with Crippen molar-refractivity contribution in [3.8, 4) is 21.8 Å². The van der Waals surface area contributed by atoms with E-state index in [1.54, 1.807) is 26.1 Å². The first kappa shape index (κ1) is 20.7. The number of unbranched alkanes of at least 4 members (excludes halogenated alkanes) is 1. The summed E-state index contributed by atoms with van der Waals surface area (Å²) in [5.74, 6) is 0.334. The Kier molecular flexibility index (Phi) is 6.77. The first-order valence-electron chi connectivity index (χ1n) is 9.60. The second kappa shape index (κ2) is 9.47. The summed E-state index contributed by atoms with van der Waals surface area (Å²) in [4.78, 5) is 36.3. The number of carbonyl (C=O) groups is 1. The highest BCUT2D eigenvalue weighted by molar-refractivity contribution is 7.13. The minimum absolute atomic E-state index is 0.268. The van der Waals surface area contributed by atoms with Crippen LogP contribution in [0.2, 0.25) is 0 Å². The topological polar surface area (TPSA) is 97.0 Å². The molecule has 0 fully saturated rings. The van der Waals surface area contributed by atoms with Crippen LogP contribution in [0.1, 0.15) is 42.7 Å². The van der Waals surface area contributed by atoms with Crippen LogP contribution in [0.3, 0.4) is 0 Å². The van der Waals surface area contributed by atoms with E-state index in [2.05, 4.69) is 27.2 Å². The van der Waals surface area contributed by atoms with Crippen LogP contribution < -0.4 is 10.9 Å². The first-order valence-corrected chi connectivity index (χ1v) is 10.5. The highest BCUT2D eigenvalue weighted by Gasteiger charge is 2.17. The van der Waals surface area contributed by atoms with E-state index < -0.39 is 5.97 Å². The minimum Gasteiger partial charge on any atom is -0.462 e. The molecule has 0 radical (unpaired) electrons. The van der Waals surface area contributed by atoms with E-state index in [1.165, 1.54) is 11.3 Å². The molecule has 0 amide bonds. The lowest BCUT2D eigenvalue weighted by atomic mass is 10.1. The highest BCUT2D eigenvalue weighted by Crippen LogP contribution is 2.29. The molecule has 0 aromatic carbocycles. The Morgan fingerprint density at radius 1 is 1.31 bits per heavy atom. The predicted octanol–water partition coefficient (Wildman–Crippen LogP) is 4.26. The average Bonchev–Trinajstić information content (AvgIpc) is 3.18. The summed E-state index contributed by atoms with van der Waals surface area (Å²) >= 11 is 1.44. The summed E-state index contributed by atoms with van der Waals surface area (Å²) in [5.41, 5.74) is 2.31. The third kappa shape index (κ3) is 4.89. The molecule has 7 nitrogen and oxygen atoms in total. The summed E-state index contributed by atoms with van der Waals surface area (Å²) in [6.45, 7) is 6.69. The van der Waals surface area contributed by atoms with Crippen LogP contribution in [0.25, 0.3) is 21.8 Å². The number of ether oxygens (including phenoxy) is 1. The smallest absolute Gasteiger partial charge is 0.339 e. The Labute approximate surface area is 173 Å². The number of esters is 1. The zero-order valence-electron chi connectivity index (χ0n) is 16.7. The molecule has 0 aliphatic carbocycles. The largest absolute Gasteiger partial charge is 0.462 e. The molecule has 0 saturated heterocycles. The van der Waals surface area contributed by atoms with E-state index >= 15 is 0 Å². The molecule has 0 aliphatic heterocycles. The van der Waals surface area contributed by atoms with E-state index in [9.17, 15) is 9.59 Å².